The number of carbonyl (C=O) groups is 1. The van der Waals surface area contributed by atoms with Crippen molar-refractivity contribution in [3.05, 3.63) is 77.3 Å². The Morgan fingerprint density at radius 1 is 1.00 bits per heavy atom. The molecule has 0 aliphatic carbocycles. The molecule has 0 fully saturated rings. The summed E-state index contributed by atoms with van der Waals surface area (Å²) in [5.74, 6) is 0.961. The number of amides is 1. The van der Waals surface area contributed by atoms with Crippen molar-refractivity contribution in [3.63, 3.8) is 0 Å². The van der Waals surface area contributed by atoms with Gasteiger partial charge >= 0.3 is 0 Å². The number of benzene rings is 3. The topological polar surface area (TPSA) is 59.2 Å². The molecule has 0 unspecified atom stereocenters. The zero-order chi connectivity index (χ0) is 21.4. The van der Waals surface area contributed by atoms with Crippen molar-refractivity contribution in [1.82, 2.24) is 10.1 Å². The Kier molecular flexibility index (Phi) is 5.26. The quantitative estimate of drug-likeness (QED) is 0.353. The molecule has 5 rings (SSSR count). The molecule has 3 aromatic carbocycles. The summed E-state index contributed by atoms with van der Waals surface area (Å²) in [7, 11) is 0. The van der Waals surface area contributed by atoms with Crippen LogP contribution < -0.4 is 4.90 Å². The van der Waals surface area contributed by atoms with E-state index >= 15 is 0 Å². The molecule has 5 nitrogen and oxygen atoms in total. The Morgan fingerprint density at radius 2 is 1.77 bits per heavy atom. The van der Waals surface area contributed by atoms with E-state index in [4.69, 9.17) is 16.1 Å². The van der Waals surface area contributed by atoms with Crippen molar-refractivity contribution in [2.24, 2.45) is 0 Å². The first kappa shape index (κ1) is 19.8. The maximum absolute atomic E-state index is 13.2. The third-order valence-corrected chi connectivity index (χ3v) is 6.43. The van der Waals surface area contributed by atoms with Crippen LogP contribution in [0.2, 0.25) is 5.02 Å². The van der Waals surface area contributed by atoms with E-state index in [2.05, 4.69) is 17.1 Å². The second-order valence-electron chi connectivity index (χ2n) is 7.17. The molecule has 0 spiro atoms. The monoisotopic (exact) mass is 447 g/mol. The number of halogens is 1. The number of hydrogen-bond acceptors (Lipinski definition) is 5. The van der Waals surface area contributed by atoms with Gasteiger partial charge in [0.15, 0.2) is 0 Å². The first-order chi connectivity index (χ1) is 15.1. The number of fused-ring (bicyclic) bond motifs is 2. The van der Waals surface area contributed by atoms with Gasteiger partial charge in [0.1, 0.15) is 0 Å². The lowest BCUT2D eigenvalue weighted by molar-refractivity contribution is 0.0984. The lowest BCUT2D eigenvalue weighted by atomic mass is 10.1. The number of aromatic nitrogens is 2. The van der Waals surface area contributed by atoms with Crippen LogP contribution >= 0.6 is 23.4 Å². The standard InChI is InChI=1S/C24H18ClN3O2S/c1-2-13-28-19-12-9-16(14-21(19)31-20-6-4-3-5-18(20)24(28)29)22-26-23(30-27-22)15-7-10-17(25)11-8-15/h3-12,14H,2,13H2,1H3. The molecular formula is C24H18ClN3O2S. The SMILES string of the molecule is CCCN1C(=O)c2ccccc2Sc2cc(-c3noc(-c4ccc(Cl)cc4)n3)ccc21. The van der Waals surface area contributed by atoms with Crippen LogP contribution in [-0.4, -0.2) is 22.6 Å². The molecule has 2 heterocycles. The molecule has 0 bridgehead atoms. The zero-order valence-electron chi connectivity index (χ0n) is 16.7. The number of anilines is 1. The average Bonchev–Trinajstić information content (AvgIpc) is 3.24. The third-order valence-electron chi connectivity index (χ3n) is 5.06. The molecule has 0 radical (unpaired) electrons. The molecule has 7 heteroatoms. The highest BCUT2D eigenvalue weighted by atomic mass is 35.5. The summed E-state index contributed by atoms with van der Waals surface area (Å²) in [4.78, 5) is 21.5. The van der Waals surface area contributed by atoms with Crippen LogP contribution in [0, 0.1) is 0 Å². The van der Waals surface area contributed by atoms with E-state index in [1.165, 1.54) is 0 Å². The van der Waals surface area contributed by atoms with Crippen LogP contribution in [0.15, 0.2) is 81.0 Å². The summed E-state index contributed by atoms with van der Waals surface area (Å²) >= 11 is 7.55. The molecule has 31 heavy (non-hydrogen) atoms. The van der Waals surface area contributed by atoms with E-state index in [9.17, 15) is 4.79 Å². The van der Waals surface area contributed by atoms with Crippen molar-refractivity contribution < 1.29 is 9.32 Å². The second-order valence-corrected chi connectivity index (χ2v) is 8.69. The molecule has 0 N–H and O–H groups in total. The highest BCUT2D eigenvalue weighted by molar-refractivity contribution is 7.99. The van der Waals surface area contributed by atoms with Crippen molar-refractivity contribution in [3.8, 4) is 22.8 Å². The zero-order valence-corrected chi connectivity index (χ0v) is 18.3. The maximum Gasteiger partial charge on any atom is 0.259 e. The largest absolute Gasteiger partial charge is 0.334 e. The van der Waals surface area contributed by atoms with Crippen molar-refractivity contribution >= 4 is 35.0 Å². The Hall–Kier alpha value is -3.09. The Morgan fingerprint density at radius 3 is 2.58 bits per heavy atom. The maximum atomic E-state index is 13.2. The minimum atomic E-state index is 0.0287. The van der Waals surface area contributed by atoms with Crippen LogP contribution in [0.4, 0.5) is 5.69 Å². The predicted octanol–water partition coefficient (Wildman–Crippen LogP) is 6.58. The fraction of sp³-hybridized carbons (Fsp3) is 0.125. The number of carbonyl (C=O) groups excluding carboxylic acids is 1. The predicted molar refractivity (Wildman–Crippen MR) is 123 cm³/mol. The molecule has 0 saturated carbocycles. The lowest BCUT2D eigenvalue weighted by Gasteiger charge is -2.22. The summed E-state index contributed by atoms with van der Waals surface area (Å²) in [6.45, 7) is 2.73. The summed E-state index contributed by atoms with van der Waals surface area (Å²) in [6.07, 6.45) is 0.870. The van der Waals surface area contributed by atoms with Gasteiger partial charge in [-0.05, 0) is 61.0 Å². The van der Waals surface area contributed by atoms with Gasteiger partial charge in [-0.2, -0.15) is 4.98 Å². The molecule has 0 atom stereocenters. The first-order valence-electron chi connectivity index (χ1n) is 9.97. The van der Waals surface area contributed by atoms with E-state index in [0.29, 0.717) is 23.3 Å². The van der Waals surface area contributed by atoms with Gasteiger partial charge in [-0.25, -0.2) is 0 Å². The fourth-order valence-corrected chi connectivity index (χ4v) is 4.80. The molecular weight excluding hydrogens is 430 g/mol. The lowest BCUT2D eigenvalue weighted by Crippen LogP contribution is -2.31. The molecule has 1 aliphatic rings. The summed E-state index contributed by atoms with van der Waals surface area (Å²) in [5, 5.41) is 4.81. The van der Waals surface area contributed by atoms with Gasteiger partial charge in [-0.1, -0.05) is 47.6 Å². The van der Waals surface area contributed by atoms with Gasteiger partial charge in [0.25, 0.3) is 11.8 Å². The van der Waals surface area contributed by atoms with Crippen molar-refractivity contribution in [2.45, 2.75) is 23.1 Å². The molecule has 4 aromatic rings. The molecule has 154 valence electrons. The molecule has 0 saturated heterocycles. The molecule has 1 aromatic heterocycles. The van der Waals surface area contributed by atoms with Crippen LogP contribution in [0.3, 0.4) is 0 Å². The fourth-order valence-electron chi connectivity index (χ4n) is 3.56. The van der Waals surface area contributed by atoms with Gasteiger partial charge in [0.05, 0.1) is 11.3 Å². The van der Waals surface area contributed by atoms with Crippen molar-refractivity contribution in [2.75, 3.05) is 11.4 Å². The van der Waals surface area contributed by atoms with Gasteiger partial charge in [0, 0.05) is 32.5 Å². The normalized spacial score (nSPS) is 13.0. The molecule has 1 aliphatic heterocycles. The summed E-state index contributed by atoms with van der Waals surface area (Å²) in [5.41, 5.74) is 3.26. The van der Waals surface area contributed by atoms with E-state index in [1.807, 2.05) is 59.5 Å². The molecule has 1 amide bonds. The van der Waals surface area contributed by atoms with Crippen LogP contribution in [0.5, 0.6) is 0 Å². The number of nitrogens with zero attached hydrogens (tertiary/aromatic N) is 3. The van der Waals surface area contributed by atoms with E-state index in [-0.39, 0.29) is 5.91 Å². The number of hydrogen-bond donors (Lipinski definition) is 0. The highest BCUT2D eigenvalue weighted by Crippen LogP contribution is 2.43. The average molecular weight is 448 g/mol. The Balaban J connectivity index is 1.56. The second kappa shape index (κ2) is 8.21. The third kappa shape index (κ3) is 3.73. The van der Waals surface area contributed by atoms with Gasteiger partial charge in [0.2, 0.25) is 5.82 Å². The smallest absolute Gasteiger partial charge is 0.259 e. The van der Waals surface area contributed by atoms with E-state index in [1.54, 1.807) is 23.9 Å². The Bertz CT molecular complexity index is 1270. The van der Waals surface area contributed by atoms with Gasteiger partial charge in [-0.15, -0.1) is 0 Å². The minimum absolute atomic E-state index is 0.0287. The van der Waals surface area contributed by atoms with E-state index < -0.39 is 0 Å². The van der Waals surface area contributed by atoms with Gasteiger partial charge in [-0.3, -0.25) is 4.79 Å². The van der Waals surface area contributed by atoms with E-state index in [0.717, 1.165) is 38.6 Å². The summed E-state index contributed by atoms with van der Waals surface area (Å²) < 4.78 is 5.47. The first-order valence-corrected chi connectivity index (χ1v) is 11.2. The summed E-state index contributed by atoms with van der Waals surface area (Å²) in [6, 6.07) is 20.9. The highest BCUT2D eigenvalue weighted by Gasteiger charge is 2.27. The Labute approximate surface area is 189 Å². The van der Waals surface area contributed by atoms with Crippen molar-refractivity contribution in [1.29, 1.82) is 0 Å². The van der Waals surface area contributed by atoms with Gasteiger partial charge < -0.3 is 9.42 Å². The minimum Gasteiger partial charge on any atom is -0.334 e. The number of rotatable bonds is 4. The van der Waals surface area contributed by atoms with Crippen LogP contribution in [0.1, 0.15) is 23.7 Å². The van der Waals surface area contributed by atoms with Crippen LogP contribution in [0.25, 0.3) is 22.8 Å². The van der Waals surface area contributed by atoms with Crippen LogP contribution in [-0.2, 0) is 0 Å².